The molecule has 0 aliphatic carbocycles. The summed E-state index contributed by atoms with van der Waals surface area (Å²) in [6.45, 7) is 2.49. The molecule has 0 heterocycles. The molecule has 0 saturated carbocycles. The van der Waals surface area contributed by atoms with Crippen molar-refractivity contribution in [2.24, 2.45) is 5.92 Å². The van der Waals surface area contributed by atoms with E-state index in [0.29, 0.717) is 17.8 Å². The minimum atomic E-state index is -0.0481. The van der Waals surface area contributed by atoms with Crippen LogP contribution in [0, 0.1) is 28.6 Å². The Hall–Kier alpha value is -2.20. The summed E-state index contributed by atoms with van der Waals surface area (Å²) in [6, 6.07) is 9.51. The van der Waals surface area contributed by atoms with E-state index in [9.17, 15) is 0 Å². The van der Waals surface area contributed by atoms with E-state index in [2.05, 4.69) is 6.07 Å². The van der Waals surface area contributed by atoms with Crippen molar-refractivity contribution >= 4 is 11.4 Å². The van der Waals surface area contributed by atoms with Crippen molar-refractivity contribution in [3.05, 3.63) is 23.8 Å². The van der Waals surface area contributed by atoms with Crippen LogP contribution in [0.25, 0.3) is 0 Å². The lowest BCUT2D eigenvalue weighted by Crippen LogP contribution is -2.23. The maximum Gasteiger partial charge on any atom is 0.101 e. The van der Waals surface area contributed by atoms with Crippen LogP contribution in [0.4, 0.5) is 11.4 Å². The zero-order valence-electron chi connectivity index (χ0n) is 9.44. The van der Waals surface area contributed by atoms with Gasteiger partial charge in [-0.3, -0.25) is 0 Å². The fraction of sp³-hybridized carbons (Fsp3) is 0.333. The number of benzene rings is 1. The van der Waals surface area contributed by atoms with Gasteiger partial charge in [-0.05, 0) is 25.1 Å². The standard InChI is InChI=1S/C12H14N4/c1-9(6-13)8-16(2)11-3-4-12(15)10(5-11)7-14/h3-5,9H,8,15H2,1-2H3. The van der Waals surface area contributed by atoms with Gasteiger partial charge >= 0.3 is 0 Å². The third-order valence-electron chi connectivity index (χ3n) is 2.37. The van der Waals surface area contributed by atoms with Crippen molar-refractivity contribution in [1.82, 2.24) is 0 Å². The molecular formula is C12H14N4. The highest BCUT2D eigenvalue weighted by Crippen LogP contribution is 2.20. The van der Waals surface area contributed by atoms with Crippen LogP contribution in [0.15, 0.2) is 18.2 Å². The van der Waals surface area contributed by atoms with E-state index in [1.807, 2.05) is 31.0 Å². The molecule has 1 unspecified atom stereocenters. The molecule has 0 saturated heterocycles. The molecule has 0 aliphatic heterocycles. The molecule has 0 aliphatic rings. The van der Waals surface area contributed by atoms with Crippen LogP contribution in [0.1, 0.15) is 12.5 Å². The Labute approximate surface area is 95.5 Å². The minimum Gasteiger partial charge on any atom is -0.398 e. The second-order valence-corrected chi connectivity index (χ2v) is 3.79. The number of anilines is 2. The molecule has 82 valence electrons. The molecule has 0 aromatic heterocycles. The van der Waals surface area contributed by atoms with Crippen LogP contribution in [-0.2, 0) is 0 Å². The average molecular weight is 214 g/mol. The lowest BCUT2D eigenvalue weighted by Gasteiger charge is -2.20. The summed E-state index contributed by atoms with van der Waals surface area (Å²) < 4.78 is 0. The topological polar surface area (TPSA) is 76.8 Å². The lowest BCUT2D eigenvalue weighted by atomic mass is 10.1. The Kier molecular flexibility index (Phi) is 3.74. The van der Waals surface area contributed by atoms with Gasteiger partial charge in [-0.25, -0.2) is 0 Å². The largest absolute Gasteiger partial charge is 0.398 e. The van der Waals surface area contributed by atoms with E-state index in [1.54, 1.807) is 12.1 Å². The Bertz CT molecular complexity index is 453. The van der Waals surface area contributed by atoms with Crippen LogP contribution < -0.4 is 10.6 Å². The average Bonchev–Trinajstić information content (AvgIpc) is 2.29. The molecule has 1 atom stereocenters. The van der Waals surface area contributed by atoms with E-state index in [1.165, 1.54) is 0 Å². The summed E-state index contributed by atoms with van der Waals surface area (Å²) in [6.07, 6.45) is 0. The van der Waals surface area contributed by atoms with Gasteiger partial charge in [-0.1, -0.05) is 0 Å². The van der Waals surface area contributed by atoms with Crippen LogP contribution in [0.3, 0.4) is 0 Å². The van der Waals surface area contributed by atoms with Crippen molar-refractivity contribution in [1.29, 1.82) is 10.5 Å². The highest BCUT2D eigenvalue weighted by Gasteiger charge is 2.08. The molecule has 16 heavy (non-hydrogen) atoms. The van der Waals surface area contributed by atoms with Gasteiger partial charge in [-0.15, -0.1) is 0 Å². The second-order valence-electron chi connectivity index (χ2n) is 3.79. The van der Waals surface area contributed by atoms with Gasteiger partial charge in [0.15, 0.2) is 0 Å². The maximum atomic E-state index is 8.85. The monoisotopic (exact) mass is 214 g/mol. The summed E-state index contributed by atoms with van der Waals surface area (Å²) in [5, 5.41) is 17.6. The molecule has 4 nitrogen and oxygen atoms in total. The van der Waals surface area contributed by atoms with Gasteiger partial charge in [0.05, 0.1) is 17.6 Å². The fourth-order valence-corrected chi connectivity index (χ4v) is 1.44. The Morgan fingerprint density at radius 1 is 1.44 bits per heavy atom. The van der Waals surface area contributed by atoms with Crippen molar-refractivity contribution in [2.45, 2.75) is 6.92 Å². The molecule has 0 fully saturated rings. The van der Waals surface area contributed by atoms with Gasteiger partial charge < -0.3 is 10.6 Å². The Morgan fingerprint density at radius 2 is 2.12 bits per heavy atom. The third-order valence-corrected chi connectivity index (χ3v) is 2.37. The number of nitrogens with zero attached hydrogens (tertiary/aromatic N) is 3. The van der Waals surface area contributed by atoms with Gasteiger partial charge in [0.2, 0.25) is 0 Å². The number of hydrogen-bond donors (Lipinski definition) is 1. The SMILES string of the molecule is CC(C#N)CN(C)c1ccc(N)c(C#N)c1. The molecular weight excluding hydrogens is 200 g/mol. The summed E-state index contributed by atoms with van der Waals surface area (Å²) in [4.78, 5) is 1.94. The molecule has 1 aromatic carbocycles. The first-order chi connectivity index (χ1) is 7.58. The number of rotatable bonds is 3. The summed E-state index contributed by atoms with van der Waals surface area (Å²) in [5.41, 5.74) is 7.48. The number of nitriles is 2. The van der Waals surface area contributed by atoms with Crippen molar-refractivity contribution in [2.75, 3.05) is 24.2 Å². The summed E-state index contributed by atoms with van der Waals surface area (Å²) in [7, 11) is 1.89. The molecule has 1 aromatic rings. The summed E-state index contributed by atoms with van der Waals surface area (Å²) >= 11 is 0. The number of hydrogen-bond acceptors (Lipinski definition) is 4. The molecule has 4 heteroatoms. The van der Waals surface area contributed by atoms with E-state index >= 15 is 0 Å². The second kappa shape index (κ2) is 5.04. The van der Waals surface area contributed by atoms with E-state index in [4.69, 9.17) is 16.3 Å². The quantitative estimate of drug-likeness (QED) is 0.777. The van der Waals surface area contributed by atoms with Crippen LogP contribution >= 0.6 is 0 Å². The molecule has 0 spiro atoms. The van der Waals surface area contributed by atoms with E-state index in [-0.39, 0.29) is 5.92 Å². The number of nitrogens with two attached hydrogens (primary N) is 1. The van der Waals surface area contributed by atoms with Crippen LogP contribution in [0.5, 0.6) is 0 Å². The normalized spacial score (nSPS) is 11.2. The van der Waals surface area contributed by atoms with Crippen molar-refractivity contribution in [3.8, 4) is 12.1 Å². The van der Waals surface area contributed by atoms with Crippen molar-refractivity contribution < 1.29 is 0 Å². The number of nitrogen functional groups attached to an aromatic ring is 1. The first-order valence-electron chi connectivity index (χ1n) is 4.99. The van der Waals surface area contributed by atoms with Crippen LogP contribution in [-0.4, -0.2) is 13.6 Å². The molecule has 0 radical (unpaired) electrons. The maximum absolute atomic E-state index is 8.85. The van der Waals surface area contributed by atoms with Crippen molar-refractivity contribution in [3.63, 3.8) is 0 Å². The predicted molar refractivity (Wildman–Crippen MR) is 63.6 cm³/mol. The molecule has 0 amide bonds. The Morgan fingerprint density at radius 3 is 2.69 bits per heavy atom. The molecule has 1 rings (SSSR count). The van der Waals surface area contributed by atoms with Crippen LogP contribution in [0.2, 0.25) is 0 Å². The highest BCUT2D eigenvalue weighted by molar-refractivity contribution is 5.62. The van der Waals surface area contributed by atoms with Gasteiger partial charge in [0, 0.05) is 25.0 Å². The van der Waals surface area contributed by atoms with Gasteiger partial charge in [0.1, 0.15) is 6.07 Å². The predicted octanol–water partition coefficient (Wildman–Crippen LogP) is 1.74. The smallest absolute Gasteiger partial charge is 0.101 e. The lowest BCUT2D eigenvalue weighted by molar-refractivity contribution is 0.716. The van der Waals surface area contributed by atoms with E-state index in [0.717, 1.165) is 5.69 Å². The first kappa shape index (κ1) is 11.9. The fourth-order valence-electron chi connectivity index (χ4n) is 1.44. The van der Waals surface area contributed by atoms with E-state index < -0.39 is 0 Å². The highest BCUT2D eigenvalue weighted by atomic mass is 15.1. The zero-order valence-corrected chi connectivity index (χ0v) is 9.44. The van der Waals surface area contributed by atoms with Gasteiger partial charge in [-0.2, -0.15) is 10.5 Å². The summed E-state index contributed by atoms with van der Waals surface area (Å²) in [5.74, 6) is -0.0481. The zero-order chi connectivity index (χ0) is 12.1. The molecule has 0 bridgehead atoms. The Balaban J connectivity index is 2.90. The first-order valence-corrected chi connectivity index (χ1v) is 4.99. The van der Waals surface area contributed by atoms with Gasteiger partial charge in [0.25, 0.3) is 0 Å². The third kappa shape index (κ3) is 2.65. The molecule has 2 N–H and O–H groups in total. The minimum absolute atomic E-state index is 0.0481.